The molecule has 1 fully saturated rings. The van der Waals surface area contributed by atoms with Gasteiger partial charge in [-0.15, -0.1) is 24.0 Å². The maximum atomic E-state index is 5.83. The Hall–Kier alpha value is -1.31. The van der Waals surface area contributed by atoms with Crippen molar-refractivity contribution in [3.63, 3.8) is 0 Å². The number of aromatic nitrogens is 1. The number of hydrogen-bond donors (Lipinski definition) is 2. The lowest BCUT2D eigenvalue weighted by Gasteiger charge is -2.11. The Balaban J connectivity index is 0.00000242. The number of pyridine rings is 1. The van der Waals surface area contributed by atoms with Crippen LogP contribution in [0.25, 0.3) is 0 Å². The number of nitrogens with zero attached hydrogens (tertiary/aromatic N) is 2. The molecule has 0 atom stereocenters. The first kappa shape index (κ1) is 18.7. The Morgan fingerprint density at radius 2 is 2.18 bits per heavy atom. The van der Waals surface area contributed by atoms with Crippen molar-refractivity contribution in [1.82, 2.24) is 10.3 Å². The minimum absolute atomic E-state index is 0. The summed E-state index contributed by atoms with van der Waals surface area (Å²) in [6.45, 7) is 6.88. The number of rotatable bonds is 6. The molecule has 0 unspecified atom stereocenters. The van der Waals surface area contributed by atoms with E-state index in [2.05, 4.69) is 21.9 Å². The fourth-order valence-corrected chi connectivity index (χ4v) is 2.22. The highest BCUT2D eigenvalue weighted by atomic mass is 127. The standard InChI is InChI=1S/C16H24N4O.HI/c1-12(2)9-19-16(17)20-11-13-7-8-15(18-10-13)21-14-5-3-4-6-14;/h7-8,10,14H,1,3-6,9,11H2,2H3,(H3,17,19,20);1H. The van der Waals surface area contributed by atoms with E-state index in [-0.39, 0.29) is 24.0 Å². The van der Waals surface area contributed by atoms with E-state index in [4.69, 9.17) is 10.5 Å². The summed E-state index contributed by atoms with van der Waals surface area (Å²) in [5, 5.41) is 3.00. The van der Waals surface area contributed by atoms with Crippen molar-refractivity contribution in [2.24, 2.45) is 10.7 Å². The SMILES string of the molecule is C=C(C)CNC(N)=NCc1ccc(OC2CCCC2)nc1.I. The topological polar surface area (TPSA) is 72.5 Å². The third-order valence-corrected chi connectivity index (χ3v) is 3.39. The van der Waals surface area contributed by atoms with Gasteiger partial charge in [0, 0.05) is 18.8 Å². The van der Waals surface area contributed by atoms with Crippen LogP contribution in [-0.4, -0.2) is 23.6 Å². The van der Waals surface area contributed by atoms with Crippen molar-refractivity contribution < 1.29 is 4.74 Å². The smallest absolute Gasteiger partial charge is 0.213 e. The summed E-state index contributed by atoms with van der Waals surface area (Å²) in [5.74, 6) is 1.12. The summed E-state index contributed by atoms with van der Waals surface area (Å²) in [6, 6.07) is 3.88. The number of guanidine groups is 1. The molecule has 22 heavy (non-hydrogen) atoms. The molecular weight excluding hydrogens is 391 g/mol. The molecule has 0 saturated heterocycles. The fraction of sp³-hybridized carbons (Fsp3) is 0.500. The van der Waals surface area contributed by atoms with Crippen LogP contribution in [0, 0.1) is 0 Å². The van der Waals surface area contributed by atoms with E-state index in [0.717, 1.165) is 24.0 Å². The summed E-state index contributed by atoms with van der Waals surface area (Å²) < 4.78 is 5.83. The zero-order valence-electron chi connectivity index (χ0n) is 13.0. The molecule has 1 heterocycles. The molecule has 0 amide bonds. The van der Waals surface area contributed by atoms with E-state index in [9.17, 15) is 0 Å². The van der Waals surface area contributed by atoms with Crippen molar-refractivity contribution in [2.45, 2.75) is 45.3 Å². The van der Waals surface area contributed by atoms with Crippen LogP contribution in [0.4, 0.5) is 0 Å². The highest BCUT2D eigenvalue weighted by Gasteiger charge is 2.16. The molecule has 3 N–H and O–H groups in total. The number of aliphatic imine (C=N–C) groups is 1. The van der Waals surface area contributed by atoms with Crippen molar-refractivity contribution in [2.75, 3.05) is 6.54 Å². The van der Waals surface area contributed by atoms with E-state index in [1.807, 2.05) is 19.1 Å². The van der Waals surface area contributed by atoms with Gasteiger partial charge in [0.2, 0.25) is 5.88 Å². The molecule has 1 aromatic heterocycles. The lowest BCUT2D eigenvalue weighted by molar-refractivity contribution is 0.201. The molecule has 0 bridgehead atoms. The Kier molecular flexibility index (Phi) is 8.22. The first-order valence-electron chi connectivity index (χ1n) is 7.43. The molecule has 1 aliphatic carbocycles. The van der Waals surface area contributed by atoms with Crippen LogP contribution in [-0.2, 0) is 6.54 Å². The molecule has 1 aromatic rings. The van der Waals surface area contributed by atoms with Crippen LogP contribution in [0.3, 0.4) is 0 Å². The maximum Gasteiger partial charge on any atom is 0.213 e. The minimum atomic E-state index is 0. The second kappa shape index (κ2) is 9.66. The van der Waals surface area contributed by atoms with Crippen LogP contribution < -0.4 is 15.8 Å². The van der Waals surface area contributed by atoms with Crippen molar-refractivity contribution in [3.05, 3.63) is 36.0 Å². The fourth-order valence-electron chi connectivity index (χ4n) is 2.22. The van der Waals surface area contributed by atoms with Crippen LogP contribution in [0.1, 0.15) is 38.2 Å². The molecule has 1 saturated carbocycles. The number of ether oxygens (including phenoxy) is 1. The quantitative estimate of drug-likeness (QED) is 0.324. The normalized spacial score (nSPS) is 15.2. The lowest BCUT2D eigenvalue weighted by atomic mass is 10.3. The molecule has 122 valence electrons. The summed E-state index contributed by atoms with van der Waals surface area (Å²) in [6.07, 6.45) is 6.92. The Labute approximate surface area is 149 Å². The van der Waals surface area contributed by atoms with Gasteiger partial charge in [-0.25, -0.2) is 9.98 Å². The van der Waals surface area contributed by atoms with Crippen molar-refractivity contribution >= 4 is 29.9 Å². The second-order valence-corrected chi connectivity index (χ2v) is 5.54. The number of halogens is 1. The summed E-state index contributed by atoms with van der Waals surface area (Å²) in [5.41, 5.74) is 7.79. The van der Waals surface area contributed by atoms with Crippen LogP contribution in [0.2, 0.25) is 0 Å². The van der Waals surface area contributed by atoms with E-state index in [0.29, 0.717) is 31.0 Å². The van der Waals surface area contributed by atoms with E-state index >= 15 is 0 Å². The minimum Gasteiger partial charge on any atom is -0.474 e. The van der Waals surface area contributed by atoms with Gasteiger partial charge in [0.25, 0.3) is 0 Å². The van der Waals surface area contributed by atoms with Crippen LogP contribution >= 0.6 is 24.0 Å². The average molecular weight is 416 g/mol. The highest BCUT2D eigenvalue weighted by Crippen LogP contribution is 2.22. The van der Waals surface area contributed by atoms with Crippen molar-refractivity contribution in [1.29, 1.82) is 0 Å². The van der Waals surface area contributed by atoms with Gasteiger partial charge >= 0.3 is 0 Å². The Morgan fingerprint density at radius 3 is 2.77 bits per heavy atom. The summed E-state index contributed by atoms with van der Waals surface area (Å²) in [4.78, 5) is 8.59. The van der Waals surface area contributed by atoms with Gasteiger partial charge in [-0.3, -0.25) is 0 Å². The molecule has 1 aliphatic rings. The zero-order valence-corrected chi connectivity index (χ0v) is 15.4. The first-order valence-corrected chi connectivity index (χ1v) is 7.43. The van der Waals surface area contributed by atoms with Gasteiger partial charge in [0.15, 0.2) is 5.96 Å². The largest absolute Gasteiger partial charge is 0.474 e. The van der Waals surface area contributed by atoms with Gasteiger partial charge in [-0.05, 0) is 38.2 Å². The Morgan fingerprint density at radius 1 is 1.45 bits per heavy atom. The molecule has 0 spiro atoms. The Bertz CT molecular complexity index is 495. The predicted molar refractivity (Wildman–Crippen MR) is 101 cm³/mol. The molecule has 6 heteroatoms. The number of nitrogens with two attached hydrogens (primary N) is 1. The first-order chi connectivity index (χ1) is 10.1. The van der Waals surface area contributed by atoms with Crippen LogP contribution in [0.5, 0.6) is 5.88 Å². The molecule has 0 aromatic carbocycles. The average Bonchev–Trinajstić information content (AvgIpc) is 2.97. The summed E-state index contributed by atoms with van der Waals surface area (Å²) in [7, 11) is 0. The molecular formula is C16H25IN4O. The summed E-state index contributed by atoms with van der Waals surface area (Å²) >= 11 is 0. The number of hydrogen-bond acceptors (Lipinski definition) is 3. The number of nitrogens with one attached hydrogen (secondary N) is 1. The van der Waals surface area contributed by atoms with Crippen LogP contribution in [0.15, 0.2) is 35.5 Å². The van der Waals surface area contributed by atoms with Gasteiger partial charge in [-0.2, -0.15) is 0 Å². The molecule has 2 rings (SSSR count). The van der Waals surface area contributed by atoms with Gasteiger partial charge in [0.05, 0.1) is 6.54 Å². The van der Waals surface area contributed by atoms with E-state index < -0.39 is 0 Å². The van der Waals surface area contributed by atoms with Crippen molar-refractivity contribution in [3.8, 4) is 5.88 Å². The second-order valence-electron chi connectivity index (χ2n) is 5.54. The highest BCUT2D eigenvalue weighted by molar-refractivity contribution is 14.0. The van der Waals surface area contributed by atoms with E-state index in [1.165, 1.54) is 12.8 Å². The molecule has 0 aliphatic heterocycles. The molecule has 0 radical (unpaired) electrons. The van der Waals surface area contributed by atoms with Gasteiger partial charge in [0.1, 0.15) is 6.10 Å². The third-order valence-electron chi connectivity index (χ3n) is 3.39. The van der Waals surface area contributed by atoms with Gasteiger partial charge < -0.3 is 15.8 Å². The third kappa shape index (κ3) is 6.64. The lowest BCUT2D eigenvalue weighted by Crippen LogP contribution is -2.32. The monoisotopic (exact) mass is 416 g/mol. The molecule has 5 nitrogen and oxygen atoms in total. The maximum absolute atomic E-state index is 5.83. The van der Waals surface area contributed by atoms with E-state index in [1.54, 1.807) is 6.20 Å². The predicted octanol–water partition coefficient (Wildman–Crippen LogP) is 3.00. The zero-order chi connectivity index (χ0) is 15.1. The van der Waals surface area contributed by atoms with Gasteiger partial charge in [-0.1, -0.05) is 18.2 Å².